The Balaban J connectivity index is 2.06. The zero-order valence-electron chi connectivity index (χ0n) is 17.9. The van der Waals surface area contributed by atoms with Gasteiger partial charge < -0.3 is 10.1 Å². The van der Waals surface area contributed by atoms with Crippen molar-refractivity contribution in [3.63, 3.8) is 0 Å². The van der Waals surface area contributed by atoms with Gasteiger partial charge in [0.2, 0.25) is 0 Å². The summed E-state index contributed by atoms with van der Waals surface area (Å²) in [5.41, 5.74) is 2.81. The number of rotatable bonds is 7. The van der Waals surface area contributed by atoms with E-state index in [0.717, 1.165) is 5.56 Å². The summed E-state index contributed by atoms with van der Waals surface area (Å²) in [6.07, 6.45) is 0. The predicted molar refractivity (Wildman–Crippen MR) is 109 cm³/mol. The Morgan fingerprint density at radius 1 is 1.24 bits per heavy atom. The van der Waals surface area contributed by atoms with Crippen LogP contribution in [0.3, 0.4) is 0 Å². The van der Waals surface area contributed by atoms with Gasteiger partial charge in [0, 0.05) is 0 Å². The maximum atomic E-state index is 12.5. The molecule has 29 heavy (non-hydrogen) atoms. The Labute approximate surface area is 171 Å². The second-order valence-electron chi connectivity index (χ2n) is 7.78. The van der Waals surface area contributed by atoms with Gasteiger partial charge >= 0.3 is 5.97 Å². The number of nitriles is 1. The Morgan fingerprint density at radius 3 is 2.41 bits per heavy atom. The van der Waals surface area contributed by atoms with E-state index in [1.165, 1.54) is 5.56 Å². The number of nitrogens with one attached hydrogen (secondary N) is 1. The molecule has 154 valence electrons. The molecule has 0 saturated heterocycles. The number of carbonyl (C=O) groups is 2. The molecular formula is C22H28N4O3. The second kappa shape index (κ2) is 8.91. The molecule has 0 fully saturated rings. The minimum absolute atomic E-state index is 0.0864. The van der Waals surface area contributed by atoms with E-state index >= 15 is 0 Å². The first-order chi connectivity index (χ1) is 13.6. The SMILES string of the molecule is Cc1ccc(Cn2nc(C)c(C(=O)OCC(=O)N[C@@](C)(C#N)C(C)C)c2C)cc1. The van der Waals surface area contributed by atoms with Crippen LogP contribution in [0.2, 0.25) is 0 Å². The molecule has 0 aliphatic heterocycles. The second-order valence-corrected chi connectivity index (χ2v) is 7.78. The predicted octanol–water partition coefficient (Wildman–Crippen LogP) is 3.07. The molecule has 2 aromatic rings. The highest BCUT2D eigenvalue weighted by Crippen LogP contribution is 2.17. The summed E-state index contributed by atoms with van der Waals surface area (Å²) in [4.78, 5) is 24.7. The summed E-state index contributed by atoms with van der Waals surface area (Å²) >= 11 is 0. The van der Waals surface area contributed by atoms with Gasteiger partial charge in [-0.3, -0.25) is 9.48 Å². The number of benzene rings is 1. The Kier molecular flexibility index (Phi) is 6.80. The van der Waals surface area contributed by atoms with E-state index in [1.54, 1.807) is 25.5 Å². The van der Waals surface area contributed by atoms with Crippen molar-refractivity contribution in [2.24, 2.45) is 5.92 Å². The van der Waals surface area contributed by atoms with Crippen LogP contribution >= 0.6 is 0 Å². The fourth-order valence-corrected chi connectivity index (χ4v) is 2.84. The van der Waals surface area contributed by atoms with Crippen LogP contribution < -0.4 is 5.32 Å². The molecule has 1 aromatic carbocycles. The van der Waals surface area contributed by atoms with Gasteiger partial charge in [-0.1, -0.05) is 43.7 Å². The van der Waals surface area contributed by atoms with Gasteiger partial charge in [0.05, 0.1) is 24.0 Å². The number of aryl methyl sites for hydroxylation is 2. The van der Waals surface area contributed by atoms with Crippen LogP contribution in [0.4, 0.5) is 0 Å². The van der Waals surface area contributed by atoms with E-state index in [4.69, 9.17) is 4.74 Å². The van der Waals surface area contributed by atoms with Crippen LogP contribution in [0.1, 0.15) is 53.6 Å². The molecule has 1 heterocycles. The number of carbonyl (C=O) groups excluding carboxylic acids is 2. The Bertz CT molecular complexity index is 938. The van der Waals surface area contributed by atoms with Gasteiger partial charge in [-0.2, -0.15) is 10.4 Å². The molecule has 0 radical (unpaired) electrons. The van der Waals surface area contributed by atoms with E-state index < -0.39 is 24.0 Å². The summed E-state index contributed by atoms with van der Waals surface area (Å²) in [5, 5.41) is 16.4. The zero-order chi connectivity index (χ0) is 21.8. The van der Waals surface area contributed by atoms with Crippen molar-refractivity contribution in [2.75, 3.05) is 6.61 Å². The molecule has 1 aromatic heterocycles. The van der Waals surface area contributed by atoms with Gasteiger partial charge in [0.25, 0.3) is 5.91 Å². The summed E-state index contributed by atoms with van der Waals surface area (Å²) in [6.45, 7) is 11.0. The number of ether oxygens (including phenoxy) is 1. The largest absolute Gasteiger partial charge is 0.452 e. The first-order valence-corrected chi connectivity index (χ1v) is 9.56. The van der Waals surface area contributed by atoms with Crippen molar-refractivity contribution in [3.8, 4) is 6.07 Å². The molecule has 2 rings (SSSR count). The average molecular weight is 396 g/mol. The summed E-state index contributed by atoms with van der Waals surface area (Å²) in [7, 11) is 0. The fourth-order valence-electron chi connectivity index (χ4n) is 2.84. The Hall–Kier alpha value is -3.14. The van der Waals surface area contributed by atoms with Crippen molar-refractivity contribution in [2.45, 2.75) is 53.6 Å². The molecule has 0 aliphatic carbocycles. The number of aromatic nitrogens is 2. The van der Waals surface area contributed by atoms with Crippen LogP contribution in [0.5, 0.6) is 0 Å². The van der Waals surface area contributed by atoms with E-state index in [2.05, 4.69) is 16.5 Å². The van der Waals surface area contributed by atoms with Crippen molar-refractivity contribution >= 4 is 11.9 Å². The van der Waals surface area contributed by atoms with Crippen molar-refractivity contribution in [1.82, 2.24) is 15.1 Å². The standard InChI is InChI=1S/C22H28N4O3/c1-14(2)22(6,13-23)24-19(27)12-29-21(28)20-16(4)25-26(17(20)5)11-18-9-7-15(3)8-10-18/h7-10,14H,11-12H2,1-6H3,(H,24,27)/t22-/m0/s1. The summed E-state index contributed by atoms with van der Waals surface area (Å²) < 4.78 is 6.94. The number of nitrogens with zero attached hydrogens (tertiary/aromatic N) is 3. The molecule has 0 aliphatic rings. The normalized spacial score (nSPS) is 12.9. The Morgan fingerprint density at radius 2 is 1.86 bits per heavy atom. The molecule has 1 atom stereocenters. The summed E-state index contributed by atoms with van der Waals surface area (Å²) in [6, 6.07) is 10.2. The molecule has 0 spiro atoms. The third-order valence-corrected chi connectivity index (χ3v) is 5.16. The molecule has 7 heteroatoms. The van der Waals surface area contributed by atoms with Gasteiger partial charge in [-0.25, -0.2) is 4.79 Å². The lowest BCUT2D eigenvalue weighted by molar-refractivity contribution is -0.125. The highest BCUT2D eigenvalue weighted by Gasteiger charge is 2.30. The maximum absolute atomic E-state index is 12.5. The smallest absolute Gasteiger partial charge is 0.342 e. The molecule has 0 bridgehead atoms. The lowest BCUT2D eigenvalue weighted by Gasteiger charge is -2.27. The zero-order valence-corrected chi connectivity index (χ0v) is 17.9. The monoisotopic (exact) mass is 396 g/mol. The molecule has 7 nitrogen and oxygen atoms in total. The minimum Gasteiger partial charge on any atom is -0.452 e. The van der Waals surface area contributed by atoms with Crippen LogP contribution in [-0.2, 0) is 16.1 Å². The lowest BCUT2D eigenvalue weighted by Crippen LogP contribution is -2.50. The first kappa shape index (κ1) is 22.2. The third kappa shape index (κ3) is 5.23. The van der Waals surface area contributed by atoms with Crippen LogP contribution in [0.25, 0.3) is 0 Å². The van der Waals surface area contributed by atoms with Crippen LogP contribution in [0.15, 0.2) is 24.3 Å². The van der Waals surface area contributed by atoms with Gasteiger partial charge in [0.15, 0.2) is 6.61 Å². The van der Waals surface area contributed by atoms with Gasteiger partial charge in [-0.15, -0.1) is 0 Å². The fraction of sp³-hybridized carbons (Fsp3) is 0.455. The quantitative estimate of drug-likeness (QED) is 0.726. The third-order valence-electron chi connectivity index (χ3n) is 5.16. The highest BCUT2D eigenvalue weighted by molar-refractivity contribution is 5.93. The summed E-state index contributed by atoms with van der Waals surface area (Å²) in [5.74, 6) is -1.20. The van der Waals surface area contributed by atoms with E-state index in [9.17, 15) is 14.9 Å². The van der Waals surface area contributed by atoms with Gasteiger partial charge in [-0.05, 0) is 39.2 Å². The van der Waals surface area contributed by atoms with Crippen LogP contribution in [0, 0.1) is 38.0 Å². The minimum atomic E-state index is -1.02. The van der Waals surface area contributed by atoms with Crippen LogP contribution in [-0.4, -0.2) is 33.8 Å². The van der Waals surface area contributed by atoms with E-state index in [1.807, 2.05) is 45.0 Å². The maximum Gasteiger partial charge on any atom is 0.342 e. The molecule has 1 N–H and O–H groups in total. The average Bonchev–Trinajstić information content (AvgIpc) is 2.94. The van der Waals surface area contributed by atoms with Gasteiger partial charge in [0.1, 0.15) is 11.1 Å². The molecule has 1 amide bonds. The number of esters is 1. The van der Waals surface area contributed by atoms with E-state index in [-0.39, 0.29) is 5.92 Å². The molecular weight excluding hydrogens is 368 g/mol. The molecule has 0 unspecified atom stereocenters. The molecule has 0 saturated carbocycles. The number of hydrogen-bond acceptors (Lipinski definition) is 5. The number of hydrogen-bond donors (Lipinski definition) is 1. The first-order valence-electron chi connectivity index (χ1n) is 9.56. The van der Waals surface area contributed by atoms with E-state index in [0.29, 0.717) is 23.5 Å². The lowest BCUT2D eigenvalue weighted by atomic mass is 9.90. The van der Waals surface area contributed by atoms with Crippen molar-refractivity contribution in [1.29, 1.82) is 5.26 Å². The topological polar surface area (TPSA) is 97.0 Å². The van der Waals surface area contributed by atoms with Crippen molar-refractivity contribution < 1.29 is 14.3 Å². The van der Waals surface area contributed by atoms with Crippen molar-refractivity contribution in [3.05, 3.63) is 52.3 Å². The number of amides is 1. The highest BCUT2D eigenvalue weighted by atomic mass is 16.5.